The summed E-state index contributed by atoms with van der Waals surface area (Å²) >= 11 is 3.03. The fraction of sp³-hybridized carbons (Fsp3) is 0.453. The number of hydrogen-bond donors (Lipinski definition) is 0. The third-order valence-electron chi connectivity index (χ3n) is 15.8. The fourth-order valence-corrected chi connectivity index (χ4v) is 18.8. The van der Waals surface area contributed by atoms with E-state index >= 15 is 4.39 Å². The Bertz CT molecular complexity index is 3380. The number of quaternary nitrogens is 1. The van der Waals surface area contributed by atoms with E-state index in [-0.39, 0.29) is 29.2 Å². The van der Waals surface area contributed by atoms with Gasteiger partial charge in [0.2, 0.25) is 0 Å². The molecule has 14 nitrogen and oxygen atoms in total. The van der Waals surface area contributed by atoms with Gasteiger partial charge in [-0.15, -0.1) is 21.5 Å². The fourth-order valence-electron chi connectivity index (χ4n) is 11.2. The lowest BCUT2D eigenvalue weighted by atomic mass is 10.1. The van der Waals surface area contributed by atoms with Crippen LogP contribution in [0.3, 0.4) is 0 Å². The Morgan fingerprint density at radius 2 is 1.57 bits per heavy atom. The third kappa shape index (κ3) is 15.3. The smallest absolute Gasteiger partial charge is 0.357 e. The summed E-state index contributed by atoms with van der Waals surface area (Å²) in [5.74, 6) is 6.29. The molecular weight excluding hydrogens is 1110 g/mol. The van der Waals surface area contributed by atoms with Gasteiger partial charge in [-0.05, 0) is 110 Å². The maximum Gasteiger partial charge on any atom is 0.357 e. The lowest BCUT2D eigenvalue weighted by molar-refractivity contribution is -0.943. The van der Waals surface area contributed by atoms with Crippen molar-refractivity contribution >= 4 is 82.4 Å². The van der Waals surface area contributed by atoms with Gasteiger partial charge in [0, 0.05) is 51.3 Å². The van der Waals surface area contributed by atoms with Crippen LogP contribution in [0, 0.1) is 24.6 Å². The second-order valence-electron chi connectivity index (χ2n) is 24.6. The van der Waals surface area contributed by atoms with E-state index in [1.165, 1.54) is 34.9 Å². The summed E-state index contributed by atoms with van der Waals surface area (Å²) < 4.78 is 45.3. The topological polar surface area (TPSA) is 120 Å². The van der Waals surface area contributed by atoms with Crippen LogP contribution >= 0.6 is 22.7 Å². The molecule has 3 fully saturated rings. The van der Waals surface area contributed by atoms with Gasteiger partial charge in [-0.1, -0.05) is 136 Å². The Hall–Kier alpha value is -5.93. The Kier molecular flexibility index (Phi) is 20.4. The molecule has 2 bridgehead atoms. The first-order chi connectivity index (χ1) is 39.8. The number of hydrogen-bond acceptors (Lipinski definition) is 14. The zero-order valence-electron chi connectivity index (χ0n) is 50.3. The van der Waals surface area contributed by atoms with Gasteiger partial charge < -0.3 is 28.0 Å². The molecule has 83 heavy (non-hydrogen) atoms. The van der Waals surface area contributed by atoms with Crippen LogP contribution in [0.4, 0.5) is 21.2 Å². The van der Waals surface area contributed by atoms with Gasteiger partial charge in [-0.2, -0.15) is 4.99 Å². The van der Waals surface area contributed by atoms with Crippen molar-refractivity contribution < 1.29 is 32.3 Å². The Balaban J connectivity index is 1.05. The Morgan fingerprint density at radius 3 is 2.20 bits per heavy atom. The molecule has 7 aromatic rings. The van der Waals surface area contributed by atoms with Crippen LogP contribution in [-0.2, 0) is 27.1 Å². The van der Waals surface area contributed by atoms with Crippen molar-refractivity contribution in [3.8, 4) is 17.6 Å². The van der Waals surface area contributed by atoms with Gasteiger partial charge in [-0.25, -0.2) is 14.2 Å². The van der Waals surface area contributed by atoms with Crippen molar-refractivity contribution in [3.63, 3.8) is 0 Å². The predicted molar refractivity (Wildman–Crippen MR) is 340 cm³/mol. The number of carbonyl (C=O) groups is 1. The molecule has 3 aliphatic rings. The first-order valence-electron chi connectivity index (χ1n) is 29.2. The lowest BCUT2D eigenvalue weighted by Gasteiger charge is -2.53. The quantitative estimate of drug-likeness (QED) is 0.0179. The zero-order chi connectivity index (χ0) is 58.8. The number of aromatic nitrogens is 4. The van der Waals surface area contributed by atoms with Crippen LogP contribution in [-0.4, -0.2) is 156 Å². The molecule has 1 unspecified atom stereocenters. The second kappa shape index (κ2) is 27.4. The minimum absolute atomic E-state index is 0.0798. The first-order valence-corrected chi connectivity index (χ1v) is 36.4. The number of para-hydroxylation sites is 1. The van der Waals surface area contributed by atoms with E-state index < -0.39 is 28.2 Å². The molecule has 3 aliphatic heterocycles. The standard InChI is InChI=1S/C64H83FN9O5S2Si2/c1-48-44-58(68-69-60(48)67-63-73(47-77-42-43-82(8,9)10)54-28-17-18-29-56(54)80-63)72(62-66-59(61(75)76-7)57(81-62)30-21-41-78-55-32-31-49(45-53(55)65)22-19-33-70(5)6)34-20-23-50(46-74-38-35-71(36-39-74)37-40-74)79-83(64(2,3)4,51-24-13-11-14-25-51)52-26-15-12-16-27-52/h11-18,24-29,31-32,44-45,50H,20-21,23,30,33-43,46-47H2,1-10H3/q+1/b67-63-. The first kappa shape index (κ1) is 61.6. The van der Waals surface area contributed by atoms with Gasteiger partial charge in [0.15, 0.2) is 38.8 Å². The predicted octanol–water partition coefficient (Wildman–Crippen LogP) is 10.7. The summed E-state index contributed by atoms with van der Waals surface area (Å²) in [5, 5.41) is 12.7. The zero-order valence-corrected chi connectivity index (χ0v) is 53.9. The number of piperazine rings is 3. The highest BCUT2D eigenvalue weighted by Crippen LogP contribution is 2.40. The van der Waals surface area contributed by atoms with Crippen molar-refractivity contribution in [1.82, 2.24) is 29.5 Å². The number of rotatable bonds is 25. The molecule has 0 amide bonds. The van der Waals surface area contributed by atoms with Gasteiger partial charge in [0.1, 0.15) is 13.3 Å². The largest absolute Gasteiger partial charge is 0.491 e. The normalized spacial score (nSPS) is 17.0. The van der Waals surface area contributed by atoms with E-state index in [1.54, 1.807) is 23.5 Å². The number of benzene rings is 4. The minimum atomic E-state index is -2.96. The lowest BCUT2D eigenvalue weighted by Crippen LogP contribution is -2.71. The van der Waals surface area contributed by atoms with E-state index in [0.717, 1.165) is 94.6 Å². The second-order valence-corrected chi connectivity index (χ2v) is 36.5. The maximum absolute atomic E-state index is 15.3. The van der Waals surface area contributed by atoms with E-state index in [0.29, 0.717) is 61.6 Å². The van der Waals surface area contributed by atoms with Crippen LogP contribution < -0.4 is 24.8 Å². The number of halogens is 1. The molecule has 1 atom stereocenters. The van der Waals surface area contributed by atoms with Gasteiger partial charge in [0.25, 0.3) is 8.32 Å². The van der Waals surface area contributed by atoms with E-state index in [1.807, 2.05) is 44.1 Å². The molecule has 10 rings (SSSR count). The van der Waals surface area contributed by atoms with Crippen LogP contribution in [0.2, 0.25) is 30.7 Å². The Labute approximate surface area is 500 Å². The number of carbonyl (C=O) groups excluding carboxylic acids is 1. The number of methoxy groups -OCH3 is 1. The third-order valence-corrected chi connectivity index (χ3v) is 24.8. The van der Waals surface area contributed by atoms with Gasteiger partial charge in [0.05, 0.1) is 56.2 Å². The highest BCUT2D eigenvalue weighted by molar-refractivity contribution is 7.16. The summed E-state index contributed by atoms with van der Waals surface area (Å²) in [6.45, 7) is 26.1. The van der Waals surface area contributed by atoms with Crippen LogP contribution in [0.25, 0.3) is 10.2 Å². The molecule has 19 heteroatoms. The molecule has 0 radical (unpaired) electrons. The average molecular weight is 1200 g/mol. The maximum atomic E-state index is 15.3. The van der Waals surface area contributed by atoms with Gasteiger partial charge in [-0.3, -0.25) is 14.4 Å². The number of nitrogens with zero attached hydrogens (tertiary/aromatic N) is 9. The number of thiazole rings is 2. The minimum Gasteiger partial charge on any atom is -0.491 e. The van der Waals surface area contributed by atoms with Crippen molar-refractivity contribution in [2.24, 2.45) is 4.99 Å². The highest BCUT2D eigenvalue weighted by atomic mass is 32.1. The molecule has 3 saturated heterocycles. The average Bonchev–Trinajstić information content (AvgIpc) is 4.02. The molecule has 4 aromatic carbocycles. The van der Waals surface area contributed by atoms with E-state index in [9.17, 15) is 4.79 Å². The monoisotopic (exact) mass is 1200 g/mol. The SMILES string of the molecule is COC(=O)c1nc(N(CCCC(C[N+]23CCN(CC2)CC3)O[Si](c2ccccc2)(c2ccccc2)C(C)(C)C)c2cc(C)c(/N=c3\sc4ccccc4n3COCC[Si](C)(C)C)nn2)sc1CCCOc1ccc(C#CCN(C)C)cc1F. The summed E-state index contributed by atoms with van der Waals surface area (Å²) in [5.41, 5.74) is 2.70. The van der Waals surface area contributed by atoms with Crippen molar-refractivity contribution in [2.45, 2.75) is 96.9 Å². The number of esters is 1. The molecule has 0 aliphatic carbocycles. The van der Waals surface area contributed by atoms with Crippen molar-refractivity contribution in [1.29, 1.82) is 0 Å². The number of aryl methyl sites for hydroxylation is 2. The molecule has 440 valence electrons. The Morgan fingerprint density at radius 1 is 0.880 bits per heavy atom. The summed E-state index contributed by atoms with van der Waals surface area (Å²) in [7, 11) is 0.997. The number of fused-ring (bicyclic) bond motifs is 4. The molecular formula is C64H83FN9O5S2Si2+. The summed E-state index contributed by atoms with van der Waals surface area (Å²) in [6.07, 6.45) is 2.35. The number of anilines is 2. The molecule has 0 spiro atoms. The van der Waals surface area contributed by atoms with Crippen LogP contribution in [0.5, 0.6) is 5.75 Å². The molecule has 0 N–H and O–H groups in total. The highest BCUT2D eigenvalue weighted by Gasteiger charge is 2.53. The van der Waals surface area contributed by atoms with Crippen LogP contribution in [0.15, 0.2) is 114 Å². The molecule has 3 aromatic heterocycles. The summed E-state index contributed by atoms with van der Waals surface area (Å²) in [6, 6.07) is 38.1. The van der Waals surface area contributed by atoms with Crippen molar-refractivity contribution in [3.05, 3.63) is 142 Å². The van der Waals surface area contributed by atoms with Crippen molar-refractivity contribution in [2.75, 3.05) is 98.2 Å². The van der Waals surface area contributed by atoms with Gasteiger partial charge >= 0.3 is 5.97 Å². The van der Waals surface area contributed by atoms with E-state index in [4.69, 9.17) is 38.8 Å². The molecule has 0 saturated carbocycles. The summed E-state index contributed by atoms with van der Waals surface area (Å²) in [4.78, 5) is 32.1. The van der Waals surface area contributed by atoms with Crippen LogP contribution in [0.1, 0.15) is 66.5 Å². The van der Waals surface area contributed by atoms with E-state index in [2.05, 4.69) is 139 Å². The molecule has 6 heterocycles. The number of ether oxygens (including phenoxy) is 3.